The molecule has 4 rings (SSSR count). The van der Waals surface area contributed by atoms with Gasteiger partial charge in [0.2, 0.25) is 0 Å². The van der Waals surface area contributed by atoms with Crippen LogP contribution in [0.25, 0.3) is 11.6 Å². The second kappa shape index (κ2) is 6.37. The number of benzene rings is 3. The molecule has 0 aromatic heterocycles. The van der Waals surface area contributed by atoms with Gasteiger partial charge in [-0.15, -0.1) is 0 Å². The maximum atomic E-state index is 2.42. The SMILES string of the molecule is CN1c2ccccc2C=C(c2ccccc2)C1Cc1ccccc1. The van der Waals surface area contributed by atoms with Crippen LogP contribution in [0.3, 0.4) is 0 Å². The standard InChI is InChI=1S/C23H21N/c1-24-22-15-9-8-14-20(22)17-21(19-12-6-3-7-13-19)23(24)16-18-10-4-2-5-11-18/h2-15,17,23H,16H2,1H3. The van der Waals surface area contributed by atoms with Crippen LogP contribution in [0.1, 0.15) is 16.7 Å². The topological polar surface area (TPSA) is 3.24 Å². The maximum Gasteiger partial charge on any atom is 0.0585 e. The molecule has 1 heterocycles. The Kier molecular flexibility index (Phi) is 3.92. The fourth-order valence-electron chi connectivity index (χ4n) is 3.56. The van der Waals surface area contributed by atoms with E-state index in [0.29, 0.717) is 6.04 Å². The number of hydrogen-bond acceptors (Lipinski definition) is 1. The first-order valence-corrected chi connectivity index (χ1v) is 8.46. The van der Waals surface area contributed by atoms with Crippen LogP contribution in [0.2, 0.25) is 0 Å². The normalized spacial score (nSPS) is 16.5. The summed E-state index contributed by atoms with van der Waals surface area (Å²) < 4.78 is 0. The Bertz CT molecular complexity index is 849. The van der Waals surface area contributed by atoms with Crippen LogP contribution in [0, 0.1) is 0 Å². The average molecular weight is 311 g/mol. The van der Waals surface area contributed by atoms with Crippen molar-refractivity contribution in [3.8, 4) is 0 Å². The third kappa shape index (κ3) is 2.74. The molecule has 0 fully saturated rings. The van der Waals surface area contributed by atoms with Gasteiger partial charge in [-0.2, -0.15) is 0 Å². The molecule has 0 saturated heterocycles. The van der Waals surface area contributed by atoms with E-state index in [1.54, 1.807) is 0 Å². The van der Waals surface area contributed by atoms with E-state index in [4.69, 9.17) is 0 Å². The minimum Gasteiger partial charge on any atom is -0.367 e. The molecular weight excluding hydrogens is 290 g/mol. The third-order valence-corrected chi connectivity index (χ3v) is 4.83. The Morgan fingerprint density at radius 1 is 0.750 bits per heavy atom. The van der Waals surface area contributed by atoms with E-state index >= 15 is 0 Å². The predicted octanol–water partition coefficient (Wildman–Crippen LogP) is 5.29. The molecule has 0 bridgehead atoms. The quantitative estimate of drug-likeness (QED) is 0.635. The van der Waals surface area contributed by atoms with E-state index in [1.165, 1.54) is 28.0 Å². The number of likely N-dealkylation sites (N-methyl/N-ethyl adjacent to an activating group) is 1. The lowest BCUT2D eigenvalue weighted by Crippen LogP contribution is -2.37. The highest BCUT2D eigenvalue weighted by Gasteiger charge is 2.26. The largest absolute Gasteiger partial charge is 0.367 e. The van der Waals surface area contributed by atoms with Crippen LogP contribution >= 0.6 is 0 Å². The summed E-state index contributed by atoms with van der Waals surface area (Å²) in [5.41, 5.74) is 6.66. The molecule has 24 heavy (non-hydrogen) atoms. The van der Waals surface area contributed by atoms with Crippen LogP contribution in [0.4, 0.5) is 5.69 Å². The van der Waals surface area contributed by atoms with Gasteiger partial charge in [-0.25, -0.2) is 0 Å². The Morgan fingerprint density at radius 3 is 2.12 bits per heavy atom. The van der Waals surface area contributed by atoms with Gasteiger partial charge < -0.3 is 4.90 Å². The first kappa shape index (κ1) is 14.8. The number of nitrogens with zero attached hydrogens (tertiary/aromatic N) is 1. The fourth-order valence-corrected chi connectivity index (χ4v) is 3.56. The second-order valence-electron chi connectivity index (χ2n) is 6.34. The third-order valence-electron chi connectivity index (χ3n) is 4.83. The van der Waals surface area contributed by atoms with Gasteiger partial charge in [0, 0.05) is 12.7 Å². The van der Waals surface area contributed by atoms with E-state index < -0.39 is 0 Å². The Labute approximate surface area is 143 Å². The van der Waals surface area contributed by atoms with Crippen molar-refractivity contribution in [1.82, 2.24) is 0 Å². The summed E-state index contributed by atoms with van der Waals surface area (Å²) in [6, 6.07) is 30.5. The molecule has 1 aliphatic heterocycles. The van der Waals surface area contributed by atoms with Gasteiger partial charge in [-0.1, -0.05) is 78.9 Å². The predicted molar refractivity (Wildman–Crippen MR) is 103 cm³/mol. The van der Waals surface area contributed by atoms with Gasteiger partial charge in [0.05, 0.1) is 6.04 Å². The molecule has 0 spiro atoms. The van der Waals surface area contributed by atoms with Crippen molar-refractivity contribution in [2.24, 2.45) is 0 Å². The summed E-state index contributed by atoms with van der Waals surface area (Å²) in [5, 5.41) is 0. The van der Waals surface area contributed by atoms with E-state index in [1.807, 2.05) is 0 Å². The maximum absolute atomic E-state index is 2.42. The van der Waals surface area contributed by atoms with Crippen molar-refractivity contribution < 1.29 is 0 Å². The van der Waals surface area contributed by atoms with E-state index in [-0.39, 0.29) is 0 Å². The van der Waals surface area contributed by atoms with Gasteiger partial charge in [0.1, 0.15) is 0 Å². The molecule has 1 aliphatic rings. The molecule has 1 nitrogen and oxygen atoms in total. The second-order valence-corrected chi connectivity index (χ2v) is 6.34. The molecule has 0 amide bonds. The van der Waals surface area contributed by atoms with E-state index in [2.05, 4.69) is 103 Å². The van der Waals surface area contributed by atoms with Crippen molar-refractivity contribution in [3.05, 3.63) is 102 Å². The molecule has 0 radical (unpaired) electrons. The molecule has 3 aromatic carbocycles. The fraction of sp³-hybridized carbons (Fsp3) is 0.130. The summed E-state index contributed by atoms with van der Waals surface area (Å²) in [5.74, 6) is 0. The minimum atomic E-state index is 0.338. The monoisotopic (exact) mass is 311 g/mol. The highest BCUT2D eigenvalue weighted by atomic mass is 15.1. The van der Waals surface area contributed by atoms with Crippen molar-refractivity contribution in [2.75, 3.05) is 11.9 Å². The molecule has 3 aromatic rings. The van der Waals surface area contributed by atoms with Crippen molar-refractivity contribution in [2.45, 2.75) is 12.5 Å². The number of para-hydroxylation sites is 1. The summed E-state index contributed by atoms with van der Waals surface area (Å²) in [7, 11) is 2.21. The molecule has 118 valence electrons. The molecule has 0 saturated carbocycles. The van der Waals surface area contributed by atoms with Gasteiger partial charge in [0.15, 0.2) is 0 Å². The number of anilines is 1. The Morgan fingerprint density at radius 2 is 1.38 bits per heavy atom. The number of hydrogen-bond donors (Lipinski definition) is 0. The lowest BCUT2D eigenvalue weighted by atomic mass is 9.87. The Balaban J connectivity index is 1.80. The molecule has 1 atom stereocenters. The molecule has 1 unspecified atom stereocenters. The van der Waals surface area contributed by atoms with Gasteiger partial charge in [-0.05, 0) is 40.8 Å². The molecular formula is C23H21N. The van der Waals surface area contributed by atoms with Crippen LogP contribution in [0.5, 0.6) is 0 Å². The molecule has 1 heteroatoms. The van der Waals surface area contributed by atoms with Crippen LogP contribution in [-0.2, 0) is 6.42 Å². The minimum absolute atomic E-state index is 0.338. The lowest BCUT2D eigenvalue weighted by Gasteiger charge is -2.37. The van der Waals surface area contributed by atoms with Gasteiger partial charge in [0.25, 0.3) is 0 Å². The average Bonchev–Trinajstić information content (AvgIpc) is 2.65. The van der Waals surface area contributed by atoms with Crippen molar-refractivity contribution in [1.29, 1.82) is 0 Å². The first-order valence-electron chi connectivity index (χ1n) is 8.46. The number of rotatable bonds is 3. The van der Waals surface area contributed by atoms with Gasteiger partial charge >= 0.3 is 0 Å². The molecule has 0 N–H and O–H groups in total. The van der Waals surface area contributed by atoms with Crippen LogP contribution in [0.15, 0.2) is 84.9 Å². The summed E-state index contributed by atoms with van der Waals surface area (Å²) >= 11 is 0. The van der Waals surface area contributed by atoms with Crippen molar-refractivity contribution in [3.63, 3.8) is 0 Å². The highest BCUT2D eigenvalue weighted by molar-refractivity contribution is 5.93. The van der Waals surface area contributed by atoms with E-state index in [0.717, 1.165) is 6.42 Å². The zero-order valence-corrected chi connectivity index (χ0v) is 13.9. The zero-order valence-electron chi connectivity index (χ0n) is 13.9. The first-order chi connectivity index (χ1) is 11.8. The zero-order chi connectivity index (χ0) is 16.4. The Hall–Kier alpha value is -2.80. The number of fused-ring (bicyclic) bond motifs is 1. The smallest absolute Gasteiger partial charge is 0.0585 e. The summed E-state index contributed by atoms with van der Waals surface area (Å²) in [6.45, 7) is 0. The van der Waals surface area contributed by atoms with Gasteiger partial charge in [-0.3, -0.25) is 0 Å². The van der Waals surface area contributed by atoms with Crippen LogP contribution in [-0.4, -0.2) is 13.1 Å². The van der Waals surface area contributed by atoms with Crippen LogP contribution < -0.4 is 4.90 Å². The highest BCUT2D eigenvalue weighted by Crippen LogP contribution is 2.37. The van der Waals surface area contributed by atoms with Crippen molar-refractivity contribution >= 4 is 17.3 Å². The summed E-state index contributed by atoms with van der Waals surface area (Å²) in [4.78, 5) is 2.42. The lowest BCUT2D eigenvalue weighted by molar-refractivity contribution is 0.754. The molecule has 0 aliphatic carbocycles. The van der Waals surface area contributed by atoms with E-state index in [9.17, 15) is 0 Å². The summed E-state index contributed by atoms with van der Waals surface area (Å²) in [6.07, 6.45) is 3.37.